The molecule has 0 bridgehead atoms. The van der Waals surface area contributed by atoms with Crippen LogP contribution in [0.15, 0.2) is 30.6 Å². The monoisotopic (exact) mass is 217 g/mol. The van der Waals surface area contributed by atoms with Gasteiger partial charge in [0.1, 0.15) is 0 Å². The number of aryl methyl sites for hydroxylation is 1. The van der Waals surface area contributed by atoms with Crippen LogP contribution in [0.4, 0.5) is 5.69 Å². The summed E-state index contributed by atoms with van der Waals surface area (Å²) < 4.78 is 1.67. The highest BCUT2D eigenvalue weighted by Gasteiger charge is 2.08. The zero-order valence-electron chi connectivity index (χ0n) is 8.71. The van der Waals surface area contributed by atoms with Crippen molar-refractivity contribution in [3.05, 3.63) is 36.2 Å². The van der Waals surface area contributed by atoms with Gasteiger partial charge in [0, 0.05) is 30.1 Å². The Morgan fingerprint density at radius 1 is 1.50 bits per heavy atom. The Balaban J connectivity index is 2.47. The van der Waals surface area contributed by atoms with E-state index in [4.69, 9.17) is 10.8 Å². The van der Waals surface area contributed by atoms with Gasteiger partial charge in [0.15, 0.2) is 0 Å². The Hall–Kier alpha value is -2.30. The maximum absolute atomic E-state index is 10.7. The van der Waals surface area contributed by atoms with E-state index in [1.165, 1.54) is 12.1 Å². The van der Waals surface area contributed by atoms with E-state index < -0.39 is 5.97 Å². The number of carboxylic acids is 1. The third kappa shape index (κ3) is 1.75. The van der Waals surface area contributed by atoms with Gasteiger partial charge in [-0.3, -0.25) is 4.68 Å². The highest BCUT2D eigenvalue weighted by Crippen LogP contribution is 2.26. The van der Waals surface area contributed by atoms with Gasteiger partial charge >= 0.3 is 5.97 Å². The Morgan fingerprint density at radius 2 is 2.25 bits per heavy atom. The van der Waals surface area contributed by atoms with Crippen LogP contribution in [-0.4, -0.2) is 20.9 Å². The van der Waals surface area contributed by atoms with Gasteiger partial charge in [0.2, 0.25) is 0 Å². The van der Waals surface area contributed by atoms with Crippen molar-refractivity contribution >= 4 is 11.7 Å². The number of hydrogen-bond donors (Lipinski definition) is 2. The van der Waals surface area contributed by atoms with Crippen LogP contribution in [0.3, 0.4) is 0 Å². The molecule has 0 unspecified atom stereocenters. The normalized spacial score (nSPS) is 10.3. The molecule has 16 heavy (non-hydrogen) atoms. The first-order chi connectivity index (χ1) is 7.58. The molecule has 5 nitrogen and oxygen atoms in total. The standard InChI is InChI=1S/C11H11N3O2/c1-14-6-8(5-13-14)9-3-2-7(11(15)16)4-10(9)12/h2-6H,12H2,1H3,(H,15,16). The van der Waals surface area contributed by atoms with Gasteiger partial charge < -0.3 is 10.8 Å². The molecule has 0 aliphatic heterocycles. The number of aromatic carboxylic acids is 1. The number of hydrogen-bond acceptors (Lipinski definition) is 3. The molecule has 0 atom stereocenters. The number of nitrogen functional groups attached to an aromatic ring is 1. The molecule has 1 aromatic heterocycles. The van der Waals surface area contributed by atoms with Gasteiger partial charge in [-0.25, -0.2) is 4.79 Å². The first-order valence-electron chi connectivity index (χ1n) is 4.70. The summed E-state index contributed by atoms with van der Waals surface area (Å²) in [5, 5.41) is 12.8. The van der Waals surface area contributed by atoms with Crippen LogP contribution in [-0.2, 0) is 7.05 Å². The van der Waals surface area contributed by atoms with Crippen LogP contribution in [0, 0.1) is 0 Å². The molecule has 0 amide bonds. The highest BCUT2D eigenvalue weighted by atomic mass is 16.4. The fraction of sp³-hybridized carbons (Fsp3) is 0.0909. The fourth-order valence-corrected chi connectivity index (χ4v) is 1.52. The van der Waals surface area contributed by atoms with Crippen LogP contribution >= 0.6 is 0 Å². The molecule has 2 rings (SSSR count). The van der Waals surface area contributed by atoms with E-state index in [-0.39, 0.29) is 5.56 Å². The summed E-state index contributed by atoms with van der Waals surface area (Å²) in [5.74, 6) is -0.982. The van der Waals surface area contributed by atoms with Crippen LogP contribution < -0.4 is 5.73 Å². The molecule has 0 aliphatic carbocycles. The van der Waals surface area contributed by atoms with E-state index in [9.17, 15) is 4.79 Å². The topological polar surface area (TPSA) is 81.1 Å². The molecule has 82 valence electrons. The molecule has 2 aromatic rings. The predicted molar refractivity (Wildman–Crippen MR) is 60.0 cm³/mol. The lowest BCUT2D eigenvalue weighted by Crippen LogP contribution is -1.98. The molecular formula is C11H11N3O2. The minimum atomic E-state index is -0.982. The van der Waals surface area contributed by atoms with Gasteiger partial charge in [-0.05, 0) is 12.1 Å². The van der Waals surface area contributed by atoms with Crippen LogP contribution in [0.25, 0.3) is 11.1 Å². The van der Waals surface area contributed by atoms with Crippen molar-refractivity contribution in [2.45, 2.75) is 0 Å². The fourth-order valence-electron chi connectivity index (χ4n) is 1.52. The molecule has 5 heteroatoms. The second kappa shape index (κ2) is 3.69. The number of aromatic nitrogens is 2. The summed E-state index contributed by atoms with van der Waals surface area (Å²) >= 11 is 0. The molecule has 0 fully saturated rings. The number of benzene rings is 1. The summed E-state index contributed by atoms with van der Waals surface area (Å²) in [4.78, 5) is 10.7. The zero-order valence-corrected chi connectivity index (χ0v) is 8.71. The molecule has 0 spiro atoms. The Kier molecular flexibility index (Phi) is 2.36. The molecule has 1 heterocycles. The summed E-state index contributed by atoms with van der Waals surface area (Å²) in [6, 6.07) is 4.67. The number of carboxylic acid groups (broad SMARTS) is 1. The third-order valence-corrected chi connectivity index (χ3v) is 2.31. The van der Waals surface area contributed by atoms with Crippen molar-refractivity contribution in [1.29, 1.82) is 0 Å². The molecular weight excluding hydrogens is 206 g/mol. The Labute approximate surface area is 92.1 Å². The minimum absolute atomic E-state index is 0.185. The summed E-state index contributed by atoms with van der Waals surface area (Å²) in [5.41, 5.74) is 8.09. The maximum atomic E-state index is 10.7. The molecule has 1 aromatic carbocycles. The second-order valence-corrected chi connectivity index (χ2v) is 3.51. The predicted octanol–water partition coefficient (Wildman–Crippen LogP) is 1.37. The first-order valence-corrected chi connectivity index (χ1v) is 4.70. The van der Waals surface area contributed by atoms with E-state index in [1.807, 2.05) is 13.2 Å². The van der Waals surface area contributed by atoms with Gasteiger partial charge in [0.25, 0.3) is 0 Å². The maximum Gasteiger partial charge on any atom is 0.335 e. The van der Waals surface area contributed by atoms with E-state index in [1.54, 1.807) is 16.9 Å². The zero-order chi connectivity index (χ0) is 11.7. The lowest BCUT2D eigenvalue weighted by molar-refractivity contribution is 0.0697. The molecule has 3 N–H and O–H groups in total. The van der Waals surface area contributed by atoms with Crippen LogP contribution in [0.5, 0.6) is 0 Å². The van der Waals surface area contributed by atoms with Crippen molar-refractivity contribution in [1.82, 2.24) is 9.78 Å². The highest BCUT2D eigenvalue weighted by molar-refractivity contribution is 5.91. The van der Waals surface area contributed by atoms with Crippen LogP contribution in [0.2, 0.25) is 0 Å². The number of nitrogens with zero attached hydrogens (tertiary/aromatic N) is 2. The Morgan fingerprint density at radius 3 is 2.75 bits per heavy atom. The summed E-state index contributed by atoms with van der Waals surface area (Å²) in [7, 11) is 1.81. The molecule has 0 saturated carbocycles. The lowest BCUT2D eigenvalue weighted by atomic mass is 10.0. The van der Waals surface area contributed by atoms with Crippen molar-refractivity contribution in [2.75, 3.05) is 5.73 Å². The van der Waals surface area contributed by atoms with Gasteiger partial charge in [-0.15, -0.1) is 0 Å². The van der Waals surface area contributed by atoms with Crippen molar-refractivity contribution in [3.63, 3.8) is 0 Å². The van der Waals surface area contributed by atoms with Crippen molar-refractivity contribution in [2.24, 2.45) is 7.05 Å². The summed E-state index contributed by atoms with van der Waals surface area (Å²) in [6.45, 7) is 0. The van der Waals surface area contributed by atoms with Gasteiger partial charge in [0.05, 0.1) is 11.8 Å². The quantitative estimate of drug-likeness (QED) is 0.744. The van der Waals surface area contributed by atoms with Gasteiger partial charge in [-0.1, -0.05) is 6.07 Å². The van der Waals surface area contributed by atoms with E-state index in [0.29, 0.717) is 5.69 Å². The largest absolute Gasteiger partial charge is 0.478 e. The Bertz CT molecular complexity index is 546. The lowest BCUT2D eigenvalue weighted by Gasteiger charge is -2.03. The second-order valence-electron chi connectivity index (χ2n) is 3.51. The molecule has 0 radical (unpaired) electrons. The average Bonchev–Trinajstić information content (AvgIpc) is 2.64. The minimum Gasteiger partial charge on any atom is -0.478 e. The first kappa shape index (κ1) is 10.2. The number of rotatable bonds is 2. The van der Waals surface area contributed by atoms with Crippen molar-refractivity contribution in [3.8, 4) is 11.1 Å². The van der Waals surface area contributed by atoms with E-state index in [2.05, 4.69) is 5.10 Å². The van der Waals surface area contributed by atoms with E-state index in [0.717, 1.165) is 11.1 Å². The number of carbonyl (C=O) groups is 1. The molecule has 0 saturated heterocycles. The van der Waals surface area contributed by atoms with Crippen molar-refractivity contribution < 1.29 is 9.90 Å². The van der Waals surface area contributed by atoms with E-state index >= 15 is 0 Å². The number of nitrogens with two attached hydrogens (primary N) is 1. The van der Waals surface area contributed by atoms with Crippen LogP contribution in [0.1, 0.15) is 10.4 Å². The smallest absolute Gasteiger partial charge is 0.335 e. The van der Waals surface area contributed by atoms with Gasteiger partial charge in [-0.2, -0.15) is 5.10 Å². The number of anilines is 1. The summed E-state index contributed by atoms with van der Waals surface area (Å²) in [6.07, 6.45) is 3.51. The SMILES string of the molecule is Cn1cc(-c2ccc(C(=O)O)cc2N)cn1. The molecule has 0 aliphatic rings. The average molecular weight is 217 g/mol. The third-order valence-electron chi connectivity index (χ3n) is 2.31.